The maximum atomic E-state index is 4.69. The van der Waals surface area contributed by atoms with E-state index in [0.29, 0.717) is 0 Å². The summed E-state index contributed by atoms with van der Waals surface area (Å²) in [4.78, 5) is 4.69. The van der Waals surface area contributed by atoms with E-state index in [9.17, 15) is 0 Å². The van der Waals surface area contributed by atoms with Gasteiger partial charge in [0, 0.05) is 11.8 Å². The molecule has 120 valence electrons. The third-order valence-electron chi connectivity index (χ3n) is 4.28. The molecule has 1 N–H and O–H groups in total. The number of unbranched alkanes of at least 4 members (excludes halogenated alkanes) is 6. The number of aryl methyl sites for hydroxylation is 1. The van der Waals surface area contributed by atoms with Crippen LogP contribution in [0.4, 0.5) is 0 Å². The van der Waals surface area contributed by atoms with Crippen molar-refractivity contribution in [3.63, 3.8) is 0 Å². The molecule has 0 amide bonds. The number of rotatable bonds is 9. The third-order valence-corrected chi connectivity index (χ3v) is 4.28. The molecule has 1 aromatic rings. The molecule has 0 aliphatic carbocycles. The quantitative estimate of drug-likeness (QED) is 0.609. The van der Waals surface area contributed by atoms with Gasteiger partial charge >= 0.3 is 0 Å². The molecule has 22 heavy (non-hydrogen) atoms. The largest absolute Gasteiger partial charge is 0.346 e. The molecule has 0 radical (unpaired) electrons. The predicted molar refractivity (Wildman–Crippen MR) is 96.4 cm³/mol. The molecule has 2 heteroatoms. The molecule has 1 aliphatic heterocycles. The fourth-order valence-corrected chi connectivity index (χ4v) is 2.79. The Balaban J connectivity index is 1.64. The van der Waals surface area contributed by atoms with Crippen LogP contribution in [0.3, 0.4) is 0 Å². The van der Waals surface area contributed by atoms with E-state index in [1.54, 1.807) is 0 Å². The predicted octanol–water partition coefficient (Wildman–Crippen LogP) is 5.37. The lowest BCUT2D eigenvalue weighted by Crippen LogP contribution is -2.24. The van der Waals surface area contributed by atoms with Gasteiger partial charge in [-0.05, 0) is 25.3 Å². The van der Waals surface area contributed by atoms with E-state index in [0.717, 1.165) is 12.4 Å². The highest BCUT2D eigenvalue weighted by Gasteiger charge is 2.08. The molecule has 0 atom stereocenters. The van der Waals surface area contributed by atoms with E-state index in [2.05, 4.69) is 54.6 Å². The third kappa shape index (κ3) is 5.67. The van der Waals surface area contributed by atoms with E-state index in [-0.39, 0.29) is 0 Å². The molecule has 1 aliphatic rings. The lowest BCUT2D eigenvalue weighted by molar-refractivity contribution is 0.586. The smallest absolute Gasteiger partial charge is 0.132 e. The van der Waals surface area contributed by atoms with Crippen LogP contribution in [0.1, 0.15) is 69.4 Å². The van der Waals surface area contributed by atoms with E-state index >= 15 is 0 Å². The van der Waals surface area contributed by atoms with Gasteiger partial charge < -0.3 is 5.32 Å². The molecule has 0 saturated carbocycles. The first-order valence-corrected chi connectivity index (χ1v) is 8.85. The molecule has 0 bridgehead atoms. The molecular formula is C20H30N2. The van der Waals surface area contributed by atoms with Crippen molar-refractivity contribution in [2.75, 3.05) is 6.54 Å². The average Bonchev–Trinajstić information content (AvgIpc) is 2.55. The standard InChI is InChI=1S/C20H30N2/c1-3-4-5-6-7-8-9-10-18-15-21-20(22-16-18)19-13-11-17(2)12-14-19/h11-15H,3-10,16H2,1-2H3,(H,21,22). The SMILES string of the molecule is CCCCCCCCCC1=CNC(c2ccc(C)cc2)=NC1. The van der Waals surface area contributed by atoms with Gasteiger partial charge in [0.2, 0.25) is 0 Å². The summed E-state index contributed by atoms with van der Waals surface area (Å²) in [7, 11) is 0. The van der Waals surface area contributed by atoms with Crippen LogP contribution in [-0.4, -0.2) is 12.4 Å². The van der Waals surface area contributed by atoms with Crippen LogP contribution in [0.5, 0.6) is 0 Å². The van der Waals surface area contributed by atoms with Gasteiger partial charge in [-0.15, -0.1) is 0 Å². The Morgan fingerprint density at radius 3 is 2.27 bits per heavy atom. The zero-order valence-corrected chi connectivity index (χ0v) is 14.2. The second kappa shape index (κ2) is 9.45. The van der Waals surface area contributed by atoms with Gasteiger partial charge in [0.25, 0.3) is 0 Å². The summed E-state index contributed by atoms with van der Waals surface area (Å²) in [6, 6.07) is 8.54. The van der Waals surface area contributed by atoms with Crippen LogP contribution >= 0.6 is 0 Å². The molecule has 1 aromatic carbocycles. The summed E-state index contributed by atoms with van der Waals surface area (Å²) >= 11 is 0. The molecule has 0 aromatic heterocycles. The first-order valence-electron chi connectivity index (χ1n) is 8.85. The number of hydrogen-bond acceptors (Lipinski definition) is 2. The van der Waals surface area contributed by atoms with Crippen molar-refractivity contribution in [2.45, 2.75) is 65.2 Å². The van der Waals surface area contributed by atoms with Gasteiger partial charge in [-0.25, -0.2) is 0 Å². The van der Waals surface area contributed by atoms with Gasteiger partial charge in [-0.1, -0.05) is 75.3 Å². The minimum Gasteiger partial charge on any atom is -0.346 e. The Kier molecular flexibility index (Phi) is 7.21. The lowest BCUT2D eigenvalue weighted by Gasteiger charge is -2.15. The number of nitrogens with one attached hydrogen (secondary N) is 1. The van der Waals surface area contributed by atoms with Crippen LogP contribution in [0.15, 0.2) is 41.0 Å². The van der Waals surface area contributed by atoms with Crippen LogP contribution in [-0.2, 0) is 0 Å². The number of amidine groups is 1. The van der Waals surface area contributed by atoms with E-state index in [4.69, 9.17) is 0 Å². The first kappa shape index (κ1) is 16.8. The fraction of sp³-hybridized carbons (Fsp3) is 0.550. The Morgan fingerprint density at radius 2 is 1.64 bits per heavy atom. The first-order chi connectivity index (χ1) is 10.8. The van der Waals surface area contributed by atoms with Crippen LogP contribution < -0.4 is 5.32 Å². The van der Waals surface area contributed by atoms with Gasteiger partial charge in [0.1, 0.15) is 5.84 Å². The zero-order valence-electron chi connectivity index (χ0n) is 14.2. The van der Waals surface area contributed by atoms with Gasteiger partial charge in [-0.2, -0.15) is 0 Å². The van der Waals surface area contributed by atoms with Crippen molar-refractivity contribution in [2.24, 2.45) is 4.99 Å². The van der Waals surface area contributed by atoms with Crippen molar-refractivity contribution in [3.8, 4) is 0 Å². The minimum absolute atomic E-state index is 0.853. The molecule has 1 heterocycles. The Hall–Kier alpha value is -1.57. The molecule has 0 spiro atoms. The summed E-state index contributed by atoms with van der Waals surface area (Å²) in [5.74, 6) is 1.00. The number of benzene rings is 1. The molecule has 2 nitrogen and oxygen atoms in total. The Labute approximate surface area is 135 Å². The summed E-state index contributed by atoms with van der Waals surface area (Å²) in [5.41, 5.74) is 3.90. The van der Waals surface area contributed by atoms with Crippen molar-refractivity contribution in [3.05, 3.63) is 47.2 Å². The highest BCUT2D eigenvalue weighted by Crippen LogP contribution is 2.15. The zero-order chi connectivity index (χ0) is 15.6. The molecule has 2 rings (SSSR count). The summed E-state index contributed by atoms with van der Waals surface area (Å²) in [6.45, 7) is 5.24. The molecule has 0 saturated heterocycles. The number of hydrogen-bond donors (Lipinski definition) is 1. The highest BCUT2D eigenvalue weighted by atomic mass is 15.0. The molecule has 0 unspecified atom stereocenters. The van der Waals surface area contributed by atoms with E-state index in [1.807, 2.05) is 0 Å². The van der Waals surface area contributed by atoms with Crippen LogP contribution in [0.2, 0.25) is 0 Å². The fourth-order valence-electron chi connectivity index (χ4n) is 2.79. The van der Waals surface area contributed by atoms with Gasteiger partial charge in [0.05, 0.1) is 6.54 Å². The monoisotopic (exact) mass is 298 g/mol. The van der Waals surface area contributed by atoms with E-state index < -0.39 is 0 Å². The van der Waals surface area contributed by atoms with Gasteiger partial charge in [0.15, 0.2) is 0 Å². The highest BCUT2D eigenvalue weighted by molar-refractivity contribution is 6.00. The van der Waals surface area contributed by atoms with Gasteiger partial charge in [-0.3, -0.25) is 4.99 Å². The number of aliphatic imine (C=N–C) groups is 1. The summed E-state index contributed by atoms with van der Waals surface area (Å²) < 4.78 is 0. The van der Waals surface area contributed by atoms with Crippen LogP contribution in [0, 0.1) is 6.92 Å². The maximum absolute atomic E-state index is 4.69. The Bertz CT molecular complexity index is 497. The average molecular weight is 298 g/mol. The van der Waals surface area contributed by atoms with Crippen molar-refractivity contribution < 1.29 is 0 Å². The van der Waals surface area contributed by atoms with Crippen LogP contribution in [0.25, 0.3) is 0 Å². The molecule has 0 fully saturated rings. The second-order valence-electron chi connectivity index (χ2n) is 6.35. The lowest BCUT2D eigenvalue weighted by atomic mass is 10.0. The summed E-state index contributed by atoms with van der Waals surface area (Å²) in [6.07, 6.45) is 12.9. The Morgan fingerprint density at radius 1 is 0.955 bits per heavy atom. The summed E-state index contributed by atoms with van der Waals surface area (Å²) in [5, 5.41) is 3.36. The van der Waals surface area contributed by atoms with Crippen molar-refractivity contribution in [1.82, 2.24) is 5.32 Å². The number of nitrogens with zero attached hydrogens (tertiary/aromatic N) is 1. The second-order valence-corrected chi connectivity index (χ2v) is 6.35. The maximum Gasteiger partial charge on any atom is 0.132 e. The van der Waals surface area contributed by atoms with E-state index in [1.165, 1.54) is 68.1 Å². The van der Waals surface area contributed by atoms with Crippen molar-refractivity contribution in [1.29, 1.82) is 0 Å². The van der Waals surface area contributed by atoms with Crippen molar-refractivity contribution >= 4 is 5.84 Å². The molecular weight excluding hydrogens is 268 g/mol. The topological polar surface area (TPSA) is 24.4 Å². The normalized spacial score (nSPS) is 14.3. The minimum atomic E-state index is 0.853.